The Kier molecular flexibility index (Phi) is 6.03. The number of hydrogen-bond acceptors (Lipinski definition) is 6. The molecule has 0 unspecified atom stereocenters. The van der Waals surface area contributed by atoms with Crippen molar-refractivity contribution in [3.63, 3.8) is 0 Å². The van der Waals surface area contributed by atoms with Crippen molar-refractivity contribution < 1.29 is 8.83 Å². The topological polar surface area (TPSA) is 77.8 Å². The van der Waals surface area contributed by atoms with Crippen LogP contribution in [-0.4, -0.2) is 19.9 Å². The molecule has 0 aliphatic rings. The zero-order chi connectivity index (χ0) is 30.5. The summed E-state index contributed by atoms with van der Waals surface area (Å²) in [5, 5.41) is 2.05. The minimum absolute atomic E-state index is 0.513. The Morgan fingerprint density at radius 2 is 0.957 bits per heavy atom. The molecule has 6 aromatic carbocycles. The molecule has 0 N–H and O–H groups in total. The molecule has 0 fully saturated rings. The third-order valence-electron chi connectivity index (χ3n) is 8.20. The Hall–Kier alpha value is -6.40. The molecule has 0 atom stereocenters. The highest BCUT2D eigenvalue weighted by Gasteiger charge is 2.20. The standard InChI is InChI=1S/C40H24N4O2/c1-3-12-25(13-4-1)28-16-7-8-18-30(28)38-42-37(27-22-23-34-32(24-27)29-17-9-10-20-33(29)45-34)43-39(44-38)31-19-11-21-35-36(31)41-40(46-35)26-14-5-2-6-15-26/h1-24H. The summed E-state index contributed by atoms with van der Waals surface area (Å²) in [6.07, 6.45) is 0. The van der Waals surface area contributed by atoms with E-state index in [1.165, 1.54) is 0 Å². The predicted octanol–water partition coefficient (Wildman–Crippen LogP) is 10.2. The fraction of sp³-hybridized carbons (Fsp3) is 0. The highest BCUT2D eigenvalue weighted by atomic mass is 16.3. The number of rotatable bonds is 5. The molecule has 9 aromatic rings. The van der Waals surface area contributed by atoms with E-state index >= 15 is 0 Å². The quantitative estimate of drug-likeness (QED) is 0.198. The number of oxazole rings is 1. The van der Waals surface area contributed by atoms with Crippen LogP contribution in [0, 0.1) is 0 Å². The molecule has 0 aliphatic carbocycles. The van der Waals surface area contributed by atoms with E-state index in [0.29, 0.717) is 34.5 Å². The zero-order valence-electron chi connectivity index (χ0n) is 24.5. The smallest absolute Gasteiger partial charge is 0.227 e. The molecule has 0 amide bonds. The van der Waals surface area contributed by atoms with Gasteiger partial charge in [-0.25, -0.2) is 19.9 Å². The first kappa shape index (κ1) is 26.0. The lowest BCUT2D eigenvalue weighted by molar-refractivity contribution is 0.620. The van der Waals surface area contributed by atoms with E-state index in [4.69, 9.17) is 28.8 Å². The molecular formula is C40H24N4O2. The highest BCUT2D eigenvalue weighted by molar-refractivity contribution is 6.06. The monoisotopic (exact) mass is 592 g/mol. The third kappa shape index (κ3) is 4.43. The van der Waals surface area contributed by atoms with Crippen LogP contribution >= 0.6 is 0 Å². The molecule has 0 saturated carbocycles. The molecule has 0 saturated heterocycles. The van der Waals surface area contributed by atoms with Gasteiger partial charge in [-0.2, -0.15) is 0 Å². The normalized spacial score (nSPS) is 11.5. The summed E-state index contributed by atoms with van der Waals surface area (Å²) in [4.78, 5) is 20.2. The van der Waals surface area contributed by atoms with Crippen molar-refractivity contribution >= 4 is 33.0 Å². The molecule has 46 heavy (non-hydrogen) atoms. The molecule has 0 radical (unpaired) electrons. The van der Waals surface area contributed by atoms with Crippen LogP contribution in [0.15, 0.2) is 154 Å². The molecule has 9 rings (SSSR count). The van der Waals surface area contributed by atoms with Crippen molar-refractivity contribution in [3.05, 3.63) is 146 Å². The third-order valence-corrected chi connectivity index (χ3v) is 8.20. The largest absolute Gasteiger partial charge is 0.456 e. The van der Waals surface area contributed by atoms with Gasteiger partial charge in [0.15, 0.2) is 23.1 Å². The SMILES string of the molecule is c1ccc(-c2nc3c(-c4nc(-c5ccc6oc7ccccc7c6c5)nc(-c5ccccc5-c5ccccc5)n4)cccc3o2)cc1. The second kappa shape index (κ2) is 10.6. The van der Waals surface area contributed by atoms with E-state index in [2.05, 4.69) is 36.4 Å². The molecule has 0 aliphatic heterocycles. The van der Waals surface area contributed by atoms with Crippen LogP contribution in [-0.2, 0) is 0 Å². The lowest BCUT2D eigenvalue weighted by atomic mass is 9.99. The molecule has 3 heterocycles. The lowest BCUT2D eigenvalue weighted by Gasteiger charge is -2.12. The van der Waals surface area contributed by atoms with Gasteiger partial charge in [-0.05, 0) is 59.7 Å². The summed E-state index contributed by atoms with van der Waals surface area (Å²) in [7, 11) is 0. The van der Waals surface area contributed by atoms with Crippen molar-refractivity contribution in [2.75, 3.05) is 0 Å². The molecule has 6 heteroatoms. The number of hydrogen-bond donors (Lipinski definition) is 0. The Balaban J connectivity index is 1.28. The Morgan fingerprint density at radius 3 is 1.78 bits per heavy atom. The van der Waals surface area contributed by atoms with Gasteiger partial charge in [0, 0.05) is 33.0 Å². The average molecular weight is 593 g/mol. The van der Waals surface area contributed by atoms with Gasteiger partial charge in [-0.15, -0.1) is 0 Å². The van der Waals surface area contributed by atoms with Gasteiger partial charge in [-0.3, -0.25) is 0 Å². The maximum Gasteiger partial charge on any atom is 0.227 e. The van der Waals surface area contributed by atoms with Crippen molar-refractivity contribution in [1.29, 1.82) is 0 Å². The highest BCUT2D eigenvalue weighted by Crippen LogP contribution is 2.36. The first-order chi connectivity index (χ1) is 22.8. The summed E-state index contributed by atoms with van der Waals surface area (Å²) in [5.41, 5.74) is 8.56. The minimum atomic E-state index is 0.513. The fourth-order valence-electron chi connectivity index (χ4n) is 5.99. The summed E-state index contributed by atoms with van der Waals surface area (Å²) in [5.74, 6) is 2.18. The number of fused-ring (bicyclic) bond motifs is 4. The number of nitrogens with zero attached hydrogens (tertiary/aromatic N) is 4. The second-order valence-electron chi connectivity index (χ2n) is 11.1. The lowest BCUT2D eigenvalue weighted by Crippen LogP contribution is -2.01. The van der Waals surface area contributed by atoms with Crippen LogP contribution in [0.5, 0.6) is 0 Å². The van der Waals surface area contributed by atoms with Gasteiger partial charge in [0.2, 0.25) is 5.89 Å². The summed E-state index contributed by atoms with van der Waals surface area (Å²) >= 11 is 0. The van der Waals surface area contributed by atoms with Crippen LogP contribution in [0.3, 0.4) is 0 Å². The van der Waals surface area contributed by atoms with E-state index in [1.807, 2.05) is 109 Å². The first-order valence-electron chi connectivity index (χ1n) is 15.1. The zero-order valence-corrected chi connectivity index (χ0v) is 24.5. The second-order valence-corrected chi connectivity index (χ2v) is 11.1. The number of para-hydroxylation sites is 2. The van der Waals surface area contributed by atoms with Gasteiger partial charge < -0.3 is 8.83 Å². The number of benzene rings is 6. The van der Waals surface area contributed by atoms with E-state index < -0.39 is 0 Å². The molecule has 0 bridgehead atoms. The van der Waals surface area contributed by atoms with Crippen LogP contribution in [0.1, 0.15) is 0 Å². The van der Waals surface area contributed by atoms with Gasteiger partial charge in [0.25, 0.3) is 0 Å². The van der Waals surface area contributed by atoms with E-state index in [1.54, 1.807) is 0 Å². The Bertz CT molecular complexity index is 2540. The molecule has 3 aromatic heterocycles. The molecule has 216 valence electrons. The van der Waals surface area contributed by atoms with Crippen molar-refractivity contribution in [2.45, 2.75) is 0 Å². The Labute approximate surface area is 263 Å². The maximum absolute atomic E-state index is 6.21. The minimum Gasteiger partial charge on any atom is -0.456 e. The summed E-state index contributed by atoms with van der Waals surface area (Å²) in [6.45, 7) is 0. The van der Waals surface area contributed by atoms with Crippen molar-refractivity contribution in [3.8, 4) is 56.7 Å². The van der Waals surface area contributed by atoms with E-state index in [0.717, 1.165) is 55.3 Å². The average Bonchev–Trinajstić information content (AvgIpc) is 3.74. The van der Waals surface area contributed by atoms with E-state index in [-0.39, 0.29) is 0 Å². The van der Waals surface area contributed by atoms with Crippen LogP contribution < -0.4 is 0 Å². The number of aromatic nitrogens is 4. The summed E-state index contributed by atoms with van der Waals surface area (Å²) in [6, 6.07) is 48.4. The van der Waals surface area contributed by atoms with Gasteiger partial charge in [-0.1, -0.05) is 97.1 Å². The van der Waals surface area contributed by atoms with E-state index in [9.17, 15) is 0 Å². The Morgan fingerprint density at radius 1 is 0.348 bits per heavy atom. The number of furan rings is 1. The first-order valence-corrected chi connectivity index (χ1v) is 15.1. The van der Waals surface area contributed by atoms with Gasteiger partial charge in [0.05, 0.1) is 0 Å². The maximum atomic E-state index is 6.21. The van der Waals surface area contributed by atoms with Crippen LogP contribution in [0.4, 0.5) is 0 Å². The van der Waals surface area contributed by atoms with Crippen molar-refractivity contribution in [1.82, 2.24) is 19.9 Å². The summed E-state index contributed by atoms with van der Waals surface area (Å²) < 4.78 is 12.3. The molecule has 6 nitrogen and oxygen atoms in total. The fourth-order valence-corrected chi connectivity index (χ4v) is 5.99. The van der Waals surface area contributed by atoms with Crippen molar-refractivity contribution in [2.24, 2.45) is 0 Å². The predicted molar refractivity (Wildman–Crippen MR) is 182 cm³/mol. The van der Waals surface area contributed by atoms with Gasteiger partial charge >= 0.3 is 0 Å². The molecule has 0 spiro atoms. The van der Waals surface area contributed by atoms with Crippen LogP contribution in [0.2, 0.25) is 0 Å². The van der Waals surface area contributed by atoms with Gasteiger partial charge in [0.1, 0.15) is 16.7 Å². The molecular weight excluding hydrogens is 568 g/mol. The van der Waals surface area contributed by atoms with Crippen LogP contribution in [0.25, 0.3) is 89.8 Å².